The van der Waals surface area contributed by atoms with Gasteiger partial charge in [-0.2, -0.15) is 0 Å². The maximum atomic E-state index is 9.88. The predicted octanol–water partition coefficient (Wildman–Crippen LogP) is 2.55. The van der Waals surface area contributed by atoms with Crippen LogP contribution in [0.4, 0.5) is 0 Å². The van der Waals surface area contributed by atoms with Crippen molar-refractivity contribution in [2.24, 2.45) is 5.41 Å². The first kappa shape index (κ1) is 16.1. The Hall–Kier alpha value is -1.75. The highest BCUT2D eigenvalue weighted by Gasteiger charge is 2.32. The minimum atomic E-state index is -0.0972. The number of aliphatic hydroxyl groups excluding tert-OH is 1. The number of benzene rings is 1. The van der Waals surface area contributed by atoms with Crippen molar-refractivity contribution in [3.8, 4) is 0 Å². The molecule has 0 spiro atoms. The van der Waals surface area contributed by atoms with Crippen LogP contribution in [0.5, 0.6) is 0 Å². The Labute approximate surface area is 137 Å². The van der Waals surface area contributed by atoms with E-state index >= 15 is 0 Å². The van der Waals surface area contributed by atoms with E-state index < -0.39 is 0 Å². The number of aromatic nitrogens is 1. The van der Waals surface area contributed by atoms with Gasteiger partial charge in [0.1, 0.15) is 0 Å². The number of ether oxygens (including phenoxy) is 1. The Morgan fingerprint density at radius 2 is 1.83 bits per heavy atom. The van der Waals surface area contributed by atoms with Crippen molar-refractivity contribution in [1.82, 2.24) is 10.3 Å². The molecule has 1 saturated heterocycles. The van der Waals surface area contributed by atoms with Crippen LogP contribution in [0.3, 0.4) is 0 Å². The number of hydrogen-bond acceptors (Lipinski definition) is 4. The zero-order valence-corrected chi connectivity index (χ0v) is 13.3. The quantitative estimate of drug-likeness (QED) is 0.861. The van der Waals surface area contributed by atoms with E-state index in [0.29, 0.717) is 0 Å². The zero-order chi connectivity index (χ0) is 16.0. The van der Waals surface area contributed by atoms with Crippen LogP contribution >= 0.6 is 0 Å². The number of hydrogen-bond donors (Lipinski definition) is 2. The molecule has 122 valence electrons. The van der Waals surface area contributed by atoms with Crippen LogP contribution in [-0.4, -0.2) is 36.5 Å². The van der Waals surface area contributed by atoms with E-state index in [9.17, 15) is 5.11 Å². The summed E-state index contributed by atoms with van der Waals surface area (Å²) < 4.78 is 5.45. The molecule has 1 aliphatic rings. The molecular formula is C19H24N2O2. The molecule has 0 amide bonds. The second-order valence-corrected chi connectivity index (χ2v) is 6.25. The van der Waals surface area contributed by atoms with Gasteiger partial charge in [-0.05, 0) is 30.5 Å². The highest BCUT2D eigenvalue weighted by atomic mass is 16.5. The molecule has 2 N–H and O–H groups in total. The van der Waals surface area contributed by atoms with Crippen molar-refractivity contribution >= 4 is 0 Å². The van der Waals surface area contributed by atoms with Crippen molar-refractivity contribution in [2.75, 3.05) is 26.4 Å². The molecule has 2 aromatic rings. The lowest BCUT2D eigenvalue weighted by Gasteiger charge is -2.37. The Morgan fingerprint density at radius 3 is 2.48 bits per heavy atom. The summed E-state index contributed by atoms with van der Waals surface area (Å²) in [5.41, 5.74) is 2.09. The van der Waals surface area contributed by atoms with Gasteiger partial charge in [-0.15, -0.1) is 0 Å². The lowest BCUT2D eigenvalue weighted by atomic mass is 9.80. The smallest absolute Gasteiger partial charge is 0.0751 e. The van der Waals surface area contributed by atoms with E-state index in [-0.39, 0.29) is 18.1 Å². The van der Waals surface area contributed by atoms with Gasteiger partial charge in [-0.25, -0.2) is 0 Å². The highest BCUT2D eigenvalue weighted by Crippen LogP contribution is 2.31. The summed E-state index contributed by atoms with van der Waals surface area (Å²) >= 11 is 0. The monoisotopic (exact) mass is 312 g/mol. The standard InChI is InChI=1S/C19H24N2O2/c22-15-19(9-12-23-13-10-19)14-21-18(16-6-2-1-3-7-16)17-8-4-5-11-20-17/h1-8,11,18,21-22H,9-10,12-15H2. The lowest BCUT2D eigenvalue weighted by molar-refractivity contribution is -0.0161. The van der Waals surface area contributed by atoms with Crippen LogP contribution in [0.1, 0.15) is 30.1 Å². The third kappa shape index (κ3) is 3.96. The van der Waals surface area contributed by atoms with Gasteiger partial charge in [0.2, 0.25) is 0 Å². The van der Waals surface area contributed by atoms with Crippen LogP contribution in [0.15, 0.2) is 54.7 Å². The fraction of sp³-hybridized carbons (Fsp3) is 0.421. The molecule has 0 aliphatic carbocycles. The summed E-state index contributed by atoms with van der Waals surface area (Å²) in [5.74, 6) is 0. The van der Waals surface area contributed by atoms with Gasteiger partial charge in [0.15, 0.2) is 0 Å². The third-order valence-corrected chi connectivity index (χ3v) is 4.69. The van der Waals surface area contributed by atoms with E-state index in [1.54, 1.807) is 0 Å². The molecule has 2 heterocycles. The average Bonchev–Trinajstić information content (AvgIpc) is 2.64. The Kier molecular flexibility index (Phi) is 5.39. The summed E-state index contributed by atoms with van der Waals surface area (Å²) in [6, 6.07) is 16.3. The summed E-state index contributed by atoms with van der Waals surface area (Å²) in [7, 11) is 0. The zero-order valence-electron chi connectivity index (χ0n) is 13.3. The first-order valence-electron chi connectivity index (χ1n) is 8.21. The number of aliphatic hydroxyl groups is 1. The van der Waals surface area contributed by atoms with E-state index in [4.69, 9.17) is 4.74 Å². The second-order valence-electron chi connectivity index (χ2n) is 6.25. The normalized spacial score (nSPS) is 18.5. The lowest BCUT2D eigenvalue weighted by Crippen LogP contribution is -2.43. The van der Waals surface area contributed by atoms with Crippen molar-refractivity contribution < 1.29 is 9.84 Å². The minimum absolute atomic E-state index is 0.0312. The van der Waals surface area contributed by atoms with Gasteiger partial charge in [-0.1, -0.05) is 36.4 Å². The van der Waals surface area contributed by atoms with Crippen molar-refractivity contribution in [3.63, 3.8) is 0 Å². The van der Waals surface area contributed by atoms with Crippen LogP contribution < -0.4 is 5.32 Å². The van der Waals surface area contributed by atoms with Crippen LogP contribution in [0.25, 0.3) is 0 Å². The van der Waals surface area contributed by atoms with Crippen molar-refractivity contribution in [3.05, 3.63) is 66.0 Å². The van der Waals surface area contributed by atoms with Gasteiger partial charge < -0.3 is 15.2 Å². The first-order chi connectivity index (χ1) is 11.3. The van der Waals surface area contributed by atoms with Crippen molar-refractivity contribution in [2.45, 2.75) is 18.9 Å². The second kappa shape index (κ2) is 7.68. The fourth-order valence-electron chi connectivity index (χ4n) is 3.10. The van der Waals surface area contributed by atoms with E-state index in [0.717, 1.165) is 38.3 Å². The molecule has 1 aromatic heterocycles. The van der Waals surface area contributed by atoms with Crippen LogP contribution in [0.2, 0.25) is 0 Å². The third-order valence-electron chi connectivity index (χ3n) is 4.69. The molecule has 0 saturated carbocycles. The number of nitrogens with zero attached hydrogens (tertiary/aromatic N) is 1. The highest BCUT2D eigenvalue weighted by molar-refractivity contribution is 5.27. The van der Waals surface area contributed by atoms with Crippen LogP contribution in [0, 0.1) is 5.41 Å². The number of rotatable bonds is 6. The minimum Gasteiger partial charge on any atom is -0.396 e. The van der Waals surface area contributed by atoms with Gasteiger partial charge in [0, 0.05) is 31.4 Å². The van der Waals surface area contributed by atoms with E-state index in [2.05, 4.69) is 22.4 Å². The summed E-state index contributed by atoms with van der Waals surface area (Å²) in [6.07, 6.45) is 3.60. The molecule has 1 atom stereocenters. The predicted molar refractivity (Wildman–Crippen MR) is 90.1 cm³/mol. The molecular weight excluding hydrogens is 288 g/mol. The summed E-state index contributed by atoms with van der Waals surface area (Å²) in [5, 5.41) is 13.5. The molecule has 0 radical (unpaired) electrons. The molecule has 0 bridgehead atoms. The molecule has 23 heavy (non-hydrogen) atoms. The summed E-state index contributed by atoms with van der Waals surface area (Å²) in [6.45, 7) is 2.39. The molecule has 1 aliphatic heterocycles. The molecule has 1 aromatic carbocycles. The van der Waals surface area contributed by atoms with Gasteiger partial charge in [0.05, 0.1) is 18.3 Å². The van der Waals surface area contributed by atoms with E-state index in [1.165, 1.54) is 5.56 Å². The van der Waals surface area contributed by atoms with Gasteiger partial charge in [0.25, 0.3) is 0 Å². The summed E-state index contributed by atoms with van der Waals surface area (Å²) in [4.78, 5) is 4.52. The molecule has 4 nitrogen and oxygen atoms in total. The largest absolute Gasteiger partial charge is 0.396 e. The molecule has 1 fully saturated rings. The maximum absolute atomic E-state index is 9.88. The Morgan fingerprint density at radius 1 is 1.09 bits per heavy atom. The number of nitrogens with one attached hydrogen (secondary N) is 1. The SMILES string of the molecule is OCC1(CNC(c2ccccc2)c2ccccn2)CCOCC1. The first-order valence-corrected chi connectivity index (χ1v) is 8.21. The Bertz CT molecular complexity index is 543. The fourth-order valence-corrected chi connectivity index (χ4v) is 3.10. The maximum Gasteiger partial charge on any atom is 0.0751 e. The van der Waals surface area contributed by atoms with Gasteiger partial charge in [-0.3, -0.25) is 4.98 Å². The average molecular weight is 312 g/mol. The topological polar surface area (TPSA) is 54.4 Å². The van der Waals surface area contributed by atoms with E-state index in [1.807, 2.05) is 42.6 Å². The number of pyridine rings is 1. The Balaban J connectivity index is 1.79. The molecule has 4 heteroatoms. The van der Waals surface area contributed by atoms with Gasteiger partial charge >= 0.3 is 0 Å². The van der Waals surface area contributed by atoms with Crippen LogP contribution in [-0.2, 0) is 4.74 Å². The molecule has 3 rings (SSSR count). The molecule has 1 unspecified atom stereocenters. The van der Waals surface area contributed by atoms with Crippen molar-refractivity contribution in [1.29, 1.82) is 0 Å².